The third kappa shape index (κ3) is 48.8. The van der Waals surface area contributed by atoms with Crippen molar-refractivity contribution in [3.63, 3.8) is 0 Å². The van der Waals surface area contributed by atoms with Gasteiger partial charge in [-0.15, -0.1) is 0 Å². The van der Waals surface area contributed by atoms with Gasteiger partial charge >= 0.3 is 21.1 Å². The van der Waals surface area contributed by atoms with Crippen molar-refractivity contribution in [1.82, 2.24) is 0 Å². The van der Waals surface area contributed by atoms with E-state index in [9.17, 15) is 4.79 Å². The first-order valence-electron chi connectivity index (χ1n) is 34.8. The van der Waals surface area contributed by atoms with Gasteiger partial charge in [0.1, 0.15) is 5.78 Å². The van der Waals surface area contributed by atoms with Crippen molar-refractivity contribution in [2.75, 3.05) is 12.5 Å². The van der Waals surface area contributed by atoms with E-state index in [1.54, 1.807) is 11.8 Å². The molecule has 0 unspecified atom stereocenters. The second-order valence-electron chi connectivity index (χ2n) is 25.9. The van der Waals surface area contributed by atoms with Gasteiger partial charge in [0.2, 0.25) is 0 Å². The van der Waals surface area contributed by atoms with E-state index in [1.807, 2.05) is 12.5 Å². The van der Waals surface area contributed by atoms with Crippen LogP contribution in [-0.2, 0) is 25.9 Å². The number of rotatable bonds is 0. The zero-order valence-corrected chi connectivity index (χ0v) is 73.1. The molecule has 0 N–H and O–H groups in total. The molecule has 0 fully saturated rings. The van der Waals surface area contributed by atoms with Crippen molar-refractivity contribution < 1.29 is 25.9 Å². The molecule has 0 radical (unpaired) electrons. The van der Waals surface area contributed by atoms with Gasteiger partial charge < -0.3 is 19.6 Å². The molecule has 0 aliphatic rings. The fourth-order valence-corrected chi connectivity index (χ4v) is 8.21. The molecule has 546 valence electrons. The van der Waals surface area contributed by atoms with Gasteiger partial charge in [-0.2, -0.15) is 11.8 Å². The number of fused-ring (bicyclic) bond motifs is 1. The predicted octanol–water partition coefficient (Wildman–Crippen LogP) is 29.3. The van der Waals surface area contributed by atoms with Crippen LogP contribution in [0.5, 0.6) is 0 Å². The summed E-state index contributed by atoms with van der Waals surface area (Å²) in [5.74, 6) is 0.167. The Hall–Kier alpha value is -7.61. The minimum Gasteiger partial charge on any atom is -0.358 e. The van der Waals surface area contributed by atoms with Gasteiger partial charge in [-0.25, -0.2) is 0 Å². The molecule has 3 heteroatoms. The van der Waals surface area contributed by atoms with E-state index < -0.39 is 0 Å². The summed E-state index contributed by atoms with van der Waals surface area (Å²) in [5.41, 5.74) is 33.0. The number of thioether (sulfide) groups is 1. The Labute approximate surface area is 641 Å². The second-order valence-corrected chi connectivity index (χ2v) is 26.8. The molecular weight excluding hydrogens is 1410 g/mol. The zero-order chi connectivity index (χ0) is 74.9. The smallest absolute Gasteiger partial charge is 0.358 e. The van der Waals surface area contributed by atoms with Crippen LogP contribution in [0.1, 0.15) is 168 Å². The second kappa shape index (κ2) is 60.0. The number of hydrogen-bond donors (Lipinski definition) is 0. The Morgan fingerprint density at radius 2 is 0.287 bits per heavy atom. The largest absolute Gasteiger partial charge is 2.00 e. The SMILES string of the molecule is CC(C)=O.CCC.CSC.Cc1cc(C)c(C)cc1C.Cc1cc2cc(C)c(C)cc2cc1C.Cc1ccccc1C.Cc1ccccc1C.Cc1ccccc1C.Cc1ccccc1C.Cc1ccccc1C.Cc1ccccc1C.Cc1ccccc1C.Cc1ccccc1C.[CH3-].[CH3-].[W+2]. The molecule has 0 amide bonds. The Balaban J connectivity index is -0.000000334. The minimum absolute atomic E-state index is 0. The summed E-state index contributed by atoms with van der Waals surface area (Å²) in [5, 5.41) is 2.72. The molecule has 101 heavy (non-hydrogen) atoms. The third-order valence-corrected chi connectivity index (χ3v) is 16.6. The maximum Gasteiger partial charge on any atom is 2.00 e. The standard InChI is InChI=1S/C14H16.C10H14.8C8H10.C3H6O.C3H8.C2H6S.2CH3.W/c1-9-5-13-7-11(3)12(4)8-14(13)6-10(9)2;1-7-5-9(3)10(4)6-8(7)2;8*1-7-5-3-4-6-8(7)2;1-3(2)4;2*1-3-2;;;/h5-8H,1-4H3;5-6H,1-4H3;8*3-6H,1-2H3;1-2H3;3H2,1-2H3;1-2H3;2*1H3;/q;;;;;;;;;;;;;2*-1;+2. The van der Waals surface area contributed by atoms with Crippen molar-refractivity contribution in [3.05, 3.63) is 379 Å². The van der Waals surface area contributed by atoms with E-state index in [0.717, 1.165) is 0 Å². The maximum atomic E-state index is 9.44. The number of hydrogen-bond acceptors (Lipinski definition) is 2. The number of aryl methyl sites for hydroxylation is 24. The molecule has 0 bridgehead atoms. The quantitative estimate of drug-likeness (QED) is 0.141. The van der Waals surface area contributed by atoms with Gasteiger partial charge in [0, 0.05) is 0 Å². The summed E-state index contributed by atoms with van der Waals surface area (Å²) in [4.78, 5) is 9.44. The van der Waals surface area contributed by atoms with Crippen molar-refractivity contribution in [2.45, 2.75) is 200 Å². The molecule has 11 aromatic carbocycles. The fraction of sp³-hybridized carbons (Fsp3) is 0.316. The van der Waals surface area contributed by atoms with Crippen molar-refractivity contribution in [2.24, 2.45) is 0 Å². The van der Waals surface area contributed by atoms with E-state index in [0.29, 0.717) is 0 Å². The Bertz CT molecular complexity index is 3120. The number of ketones is 1. The van der Waals surface area contributed by atoms with Gasteiger partial charge in [-0.1, -0.05) is 251 Å². The Kier molecular flexibility index (Phi) is 60.6. The van der Waals surface area contributed by atoms with Gasteiger partial charge in [0.15, 0.2) is 0 Å². The third-order valence-electron chi connectivity index (χ3n) is 16.6. The molecule has 0 saturated heterocycles. The van der Waals surface area contributed by atoms with Crippen LogP contribution < -0.4 is 0 Å². The van der Waals surface area contributed by atoms with Gasteiger partial charge in [-0.05, 0) is 337 Å². The predicted molar refractivity (Wildman–Crippen MR) is 460 cm³/mol. The van der Waals surface area contributed by atoms with Crippen LogP contribution in [0.3, 0.4) is 0 Å². The molecule has 11 rings (SSSR count). The van der Waals surface area contributed by atoms with Crippen molar-refractivity contribution in [1.29, 1.82) is 0 Å². The first-order valence-corrected chi connectivity index (χ1v) is 36.4. The van der Waals surface area contributed by atoms with E-state index >= 15 is 0 Å². The average Bonchev–Trinajstić information content (AvgIpc) is 0.814. The molecule has 0 heterocycles. The Morgan fingerprint density at radius 3 is 0.356 bits per heavy atom. The summed E-state index contributed by atoms with van der Waals surface area (Å²) >= 11 is 1.75. The molecule has 0 aliphatic carbocycles. The number of carbonyl (C=O) groups is 1. The molecule has 0 saturated carbocycles. The van der Waals surface area contributed by atoms with Crippen LogP contribution >= 0.6 is 11.8 Å². The summed E-state index contributed by atoms with van der Waals surface area (Å²) in [6, 6.07) is 80.4. The van der Waals surface area contributed by atoms with Crippen LogP contribution in [0.2, 0.25) is 0 Å². The summed E-state index contributed by atoms with van der Waals surface area (Å²) in [7, 11) is 0. The number of Topliss-reactive ketones (excluding diaryl/α,β-unsaturated/α-hetero) is 1. The van der Waals surface area contributed by atoms with Gasteiger partial charge in [0.25, 0.3) is 0 Å². The normalized spacial score (nSPS) is 8.97. The summed E-state index contributed by atoms with van der Waals surface area (Å²) < 4.78 is 0. The van der Waals surface area contributed by atoms with Crippen LogP contribution in [0.15, 0.2) is 231 Å². The molecule has 0 spiro atoms. The number of carbonyl (C=O) groups excluding carboxylic acids is 1. The van der Waals surface area contributed by atoms with E-state index in [2.05, 4.69) is 411 Å². The molecule has 1 nitrogen and oxygen atoms in total. The van der Waals surface area contributed by atoms with Crippen LogP contribution in [0.25, 0.3) is 10.8 Å². The van der Waals surface area contributed by atoms with E-state index in [-0.39, 0.29) is 41.7 Å². The first kappa shape index (κ1) is 102. The van der Waals surface area contributed by atoms with Crippen LogP contribution in [0.4, 0.5) is 0 Å². The molecule has 0 atom stereocenters. The fourth-order valence-electron chi connectivity index (χ4n) is 8.21. The van der Waals surface area contributed by atoms with Crippen LogP contribution in [0, 0.1) is 181 Å². The molecule has 0 aromatic heterocycles. The maximum absolute atomic E-state index is 9.44. The average molecular weight is 1550 g/mol. The first-order chi connectivity index (χ1) is 46.2. The van der Waals surface area contributed by atoms with Gasteiger partial charge in [-0.3, -0.25) is 0 Å². The Morgan fingerprint density at radius 1 is 0.218 bits per heavy atom. The van der Waals surface area contributed by atoms with Crippen molar-refractivity contribution in [3.8, 4) is 0 Å². The topological polar surface area (TPSA) is 17.1 Å². The monoisotopic (exact) mass is 1540 g/mol. The van der Waals surface area contributed by atoms with E-state index in [4.69, 9.17) is 0 Å². The van der Waals surface area contributed by atoms with Crippen molar-refractivity contribution >= 4 is 28.3 Å². The minimum atomic E-state index is 0. The molecule has 11 aromatic rings. The van der Waals surface area contributed by atoms with Crippen LogP contribution in [-0.4, -0.2) is 18.3 Å². The summed E-state index contributed by atoms with van der Waals surface area (Å²) in [6.07, 6.45) is 5.33. The molecule has 0 aliphatic heterocycles. The zero-order valence-electron chi connectivity index (χ0n) is 69.4. The molecular formula is C98H136OSW. The van der Waals surface area contributed by atoms with E-state index in [1.165, 1.54) is 165 Å². The number of benzene rings is 11. The summed E-state index contributed by atoms with van der Waals surface area (Å²) in [6.45, 7) is 58.5. The van der Waals surface area contributed by atoms with Gasteiger partial charge in [0.05, 0.1) is 0 Å².